The van der Waals surface area contributed by atoms with Crippen LogP contribution in [0, 0.1) is 13.8 Å². The molecule has 9 heteroatoms. The van der Waals surface area contributed by atoms with Crippen molar-refractivity contribution in [2.24, 2.45) is 12.1 Å². The van der Waals surface area contributed by atoms with Gasteiger partial charge in [-0.2, -0.15) is 5.10 Å². The van der Waals surface area contributed by atoms with Gasteiger partial charge in [-0.1, -0.05) is 42.5 Å². The third-order valence-electron chi connectivity index (χ3n) is 6.25. The molecule has 2 N–H and O–H groups in total. The van der Waals surface area contributed by atoms with Crippen molar-refractivity contribution >= 4 is 23.2 Å². The maximum atomic E-state index is 12.9. The summed E-state index contributed by atoms with van der Waals surface area (Å²) in [5, 5.41) is 6.45. The Morgan fingerprint density at radius 3 is 2.24 bits per heavy atom. The Kier molecular flexibility index (Phi) is 7.86. The summed E-state index contributed by atoms with van der Waals surface area (Å²) in [7, 11) is 1.70. The van der Waals surface area contributed by atoms with Gasteiger partial charge in [0.1, 0.15) is 18.0 Å². The third kappa shape index (κ3) is 5.73. The third-order valence-corrected chi connectivity index (χ3v) is 6.25. The van der Waals surface area contributed by atoms with Gasteiger partial charge in [0.2, 0.25) is 0 Å². The van der Waals surface area contributed by atoms with E-state index in [9.17, 15) is 14.4 Å². The first kappa shape index (κ1) is 26.2. The molecule has 0 aliphatic rings. The predicted molar refractivity (Wildman–Crippen MR) is 147 cm³/mol. The molecule has 3 aromatic carbocycles. The SMILES string of the molecule is C/C(=N\NC(=O)C(=O)Nc1c(C)n(C)n(-c2ccccc2)c1=O)c1ccc(OCc2ccccc2C)cc1. The Hall–Kier alpha value is -4.92. The molecule has 1 heterocycles. The van der Waals surface area contributed by atoms with E-state index in [0.717, 1.165) is 16.7 Å². The van der Waals surface area contributed by atoms with Gasteiger partial charge in [-0.05, 0) is 73.9 Å². The molecule has 0 unspecified atom stereocenters. The second-order valence-electron chi connectivity index (χ2n) is 8.77. The van der Waals surface area contributed by atoms with Gasteiger partial charge in [-0.3, -0.25) is 19.1 Å². The van der Waals surface area contributed by atoms with Gasteiger partial charge in [0, 0.05) is 7.05 Å². The maximum Gasteiger partial charge on any atom is 0.329 e. The van der Waals surface area contributed by atoms with Crippen LogP contribution < -0.4 is 21.0 Å². The zero-order valence-electron chi connectivity index (χ0n) is 21.7. The molecule has 9 nitrogen and oxygen atoms in total. The number of carbonyl (C=O) groups excluding carboxylic acids is 2. The van der Waals surface area contributed by atoms with E-state index in [4.69, 9.17) is 4.74 Å². The number of aromatic nitrogens is 2. The number of hydrogen-bond donors (Lipinski definition) is 2. The normalized spacial score (nSPS) is 11.2. The fourth-order valence-corrected chi connectivity index (χ4v) is 3.86. The molecule has 0 aliphatic heterocycles. The van der Waals surface area contributed by atoms with Crippen LogP contribution in [0.4, 0.5) is 5.69 Å². The predicted octanol–water partition coefficient (Wildman–Crippen LogP) is 3.85. The summed E-state index contributed by atoms with van der Waals surface area (Å²) in [5.74, 6) is -1.28. The lowest BCUT2D eigenvalue weighted by Crippen LogP contribution is -2.34. The lowest BCUT2D eigenvalue weighted by Gasteiger charge is -2.09. The number of para-hydroxylation sites is 1. The highest BCUT2D eigenvalue weighted by Crippen LogP contribution is 2.17. The molecule has 0 atom stereocenters. The summed E-state index contributed by atoms with van der Waals surface area (Å²) in [6, 6.07) is 24.3. The fraction of sp³-hybridized carbons (Fsp3) is 0.172. The van der Waals surface area contributed by atoms with E-state index in [1.54, 1.807) is 37.7 Å². The smallest absolute Gasteiger partial charge is 0.329 e. The Balaban J connectivity index is 1.37. The first-order valence-electron chi connectivity index (χ1n) is 12.0. The second-order valence-corrected chi connectivity index (χ2v) is 8.77. The minimum atomic E-state index is -0.993. The van der Waals surface area contributed by atoms with Crippen molar-refractivity contribution in [2.75, 3.05) is 5.32 Å². The van der Waals surface area contributed by atoms with Crippen molar-refractivity contribution in [1.82, 2.24) is 14.8 Å². The minimum absolute atomic E-state index is 0.0264. The number of ether oxygens (including phenoxy) is 1. The van der Waals surface area contributed by atoms with Crippen LogP contribution in [0.3, 0.4) is 0 Å². The topological polar surface area (TPSA) is 107 Å². The highest BCUT2D eigenvalue weighted by molar-refractivity contribution is 6.39. The number of nitrogens with zero attached hydrogens (tertiary/aromatic N) is 3. The van der Waals surface area contributed by atoms with Gasteiger partial charge < -0.3 is 10.1 Å². The molecule has 0 saturated carbocycles. The lowest BCUT2D eigenvalue weighted by molar-refractivity contribution is -0.136. The first-order valence-corrected chi connectivity index (χ1v) is 12.0. The Morgan fingerprint density at radius 1 is 0.895 bits per heavy atom. The number of anilines is 1. The molecule has 4 rings (SSSR count). The number of nitrogens with one attached hydrogen (secondary N) is 2. The number of carbonyl (C=O) groups is 2. The average Bonchev–Trinajstić information content (AvgIpc) is 3.14. The number of hydrogen-bond acceptors (Lipinski definition) is 5. The minimum Gasteiger partial charge on any atom is -0.489 e. The van der Waals surface area contributed by atoms with Crippen molar-refractivity contribution < 1.29 is 14.3 Å². The van der Waals surface area contributed by atoms with Crippen molar-refractivity contribution in [3.05, 3.63) is 112 Å². The van der Waals surface area contributed by atoms with Crippen LogP contribution in [0.25, 0.3) is 5.69 Å². The molecule has 38 heavy (non-hydrogen) atoms. The van der Waals surface area contributed by atoms with E-state index >= 15 is 0 Å². The maximum absolute atomic E-state index is 12.9. The zero-order valence-corrected chi connectivity index (χ0v) is 21.7. The Morgan fingerprint density at radius 2 is 1.55 bits per heavy atom. The van der Waals surface area contributed by atoms with E-state index in [2.05, 4.69) is 15.8 Å². The van der Waals surface area contributed by atoms with Crippen LogP contribution in [0.1, 0.15) is 29.3 Å². The van der Waals surface area contributed by atoms with Crippen LogP contribution in [0.5, 0.6) is 5.75 Å². The Labute approximate surface area is 220 Å². The van der Waals surface area contributed by atoms with Crippen LogP contribution in [0.15, 0.2) is 88.8 Å². The molecule has 194 valence electrons. The summed E-state index contributed by atoms with van der Waals surface area (Å²) in [5.41, 5.74) is 6.50. The average molecular weight is 512 g/mol. The molecular weight excluding hydrogens is 482 g/mol. The zero-order chi connectivity index (χ0) is 27.2. The van der Waals surface area contributed by atoms with Crippen molar-refractivity contribution in [1.29, 1.82) is 0 Å². The standard InChI is InChI=1S/C29H29N5O4/c1-19-10-8-9-11-23(19)18-38-25-16-14-22(15-17-25)20(2)31-32-28(36)27(35)30-26-21(3)33(4)34(29(26)37)24-12-6-5-7-13-24/h5-17H,18H2,1-4H3,(H,30,35)(H,32,36)/b31-20+. The van der Waals surface area contributed by atoms with Gasteiger partial charge in [0.05, 0.1) is 17.1 Å². The number of amides is 2. The molecule has 2 amide bonds. The van der Waals surface area contributed by atoms with Crippen LogP contribution in [-0.4, -0.2) is 26.9 Å². The number of hydrazone groups is 1. The van der Waals surface area contributed by atoms with Crippen molar-refractivity contribution in [2.45, 2.75) is 27.4 Å². The number of rotatable bonds is 7. The van der Waals surface area contributed by atoms with E-state index in [0.29, 0.717) is 29.4 Å². The summed E-state index contributed by atoms with van der Waals surface area (Å²) >= 11 is 0. The second kappa shape index (κ2) is 11.4. The molecule has 0 spiro atoms. The van der Waals surface area contributed by atoms with E-state index in [1.165, 1.54) is 4.68 Å². The van der Waals surface area contributed by atoms with Gasteiger partial charge in [0.15, 0.2) is 0 Å². The van der Waals surface area contributed by atoms with Gasteiger partial charge in [0.25, 0.3) is 5.56 Å². The monoisotopic (exact) mass is 511 g/mol. The van der Waals surface area contributed by atoms with E-state index in [1.807, 2.05) is 73.7 Å². The van der Waals surface area contributed by atoms with Gasteiger partial charge >= 0.3 is 11.8 Å². The van der Waals surface area contributed by atoms with Crippen molar-refractivity contribution in [3.8, 4) is 11.4 Å². The summed E-state index contributed by atoms with van der Waals surface area (Å²) in [4.78, 5) is 37.9. The lowest BCUT2D eigenvalue weighted by atomic mass is 10.1. The van der Waals surface area contributed by atoms with Gasteiger partial charge in [-0.15, -0.1) is 0 Å². The highest BCUT2D eigenvalue weighted by atomic mass is 16.5. The molecule has 0 aliphatic carbocycles. The van der Waals surface area contributed by atoms with E-state index < -0.39 is 17.4 Å². The van der Waals surface area contributed by atoms with Crippen LogP contribution in [0.2, 0.25) is 0 Å². The summed E-state index contributed by atoms with van der Waals surface area (Å²) < 4.78 is 8.89. The largest absolute Gasteiger partial charge is 0.489 e. The number of benzene rings is 3. The molecule has 0 fully saturated rings. The molecular formula is C29H29N5O4. The molecule has 1 aromatic heterocycles. The van der Waals surface area contributed by atoms with E-state index in [-0.39, 0.29) is 5.69 Å². The Bertz CT molecular complexity index is 1550. The molecule has 0 saturated heterocycles. The molecule has 4 aromatic rings. The molecule has 0 bridgehead atoms. The quantitative estimate of drug-likeness (QED) is 0.223. The summed E-state index contributed by atoms with van der Waals surface area (Å²) in [6.07, 6.45) is 0. The fourth-order valence-electron chi connectivity index (χ4n) is 3.86. The first-order chi connectivity index (χ1) is 18.3. The van der Waals surface area contributed by atoms with Crippen LogP contribution >= 0.6 is 0 Å². The highest BCUT2D eigenvalue weighted by Gasteiger charge is 2.21. The molecule has 0 radical (unpaired) electrons. The number of aryl methyl sites for hydroxylation is 1. The summed E-state index contributed by atoms with van der Waals surface area (Å²) in [6.45, 7) is 5.89. The van der Waals surface area contributed by atoms with Crippen LogP contribution in [-0.2, 0) is 23.2 Å². The van der Waals surface area contributed by atoms with Gasteiger partial charge in [-0.25, -0.2) is 10.1 Å². The van der Waals surface area contributed by atoms with Crippen molar-refractivity contribution in [3.63, 3.8) is 0 Å².